The Hall–Kier alpha value is -1.56. The predicted molar refractivity (Wildman–Crippen MR) is 50.3 cm³/mol. The molecule has 0 unspecified atom stereocenters. The van der Waals surface area contributed by atoms with Crippen molar-refractivity contribution in [3.63, 3.8) is 0 Å². The molecule has 0 aliphatic rings. The molecule has 13 heavy (non-hydrogen) atoms. The standard InChI is InChI=1S/C10H12N2O/c1-3-4-5-7-12-8-6-10(11-12)9(2)13/h6,8H,5,7H2,1-2H3. The van der Waals surface area contributed by atoms with Crippen LogP contribution < -0.4 is 0 Å². The number of carbonyl (C=O) groups excluding carboxylic acids is 1. The molecular formula is C10H12N2O. The van der Waals surface area contributed by atoms with Gasteiger partial charge in [0.2, 0.25) is 0 Å². The van der Waals surface area contributed by atoms with Gasteiger partial charge in [-0.25, -0.2) is 0 Å². The quantitative estimate of drug-likeness (QED) is 0.516. The van der Waals surface area contributed by atoms with Crippen molar-refractivity contribution in [2.45, 2.75) is 26.8 Å². The molecule has 0 fully saturated rings. The topological polar surface area (TPSA) is 34.9 Å². The molecule has 68 valence electrons. The van der Waals surface area contributed by atoms with Gasteiger partial charge in [0.15, 0.2) is 5.78 Å². The number of aromatic nitrogens is 2. The number of ketones is 1. The minimum atomic E-state index is 0.000302. The molecule has 1 rings (SSSR count). The van der Waals surface area contributed by atoms with Crippen molar-refractivity contribution < 1.29 is 4.79 Å². The van der Waals surface area contributed by atoms with Crippen LogP contribution >= 0.6 is 0 Å². The molecule has 0 spiro atoms. The lowest BCUT2D eigenvalue weighted by molar-refractivity contribution is 0.101. The summed E-state index contributed by atoms with van der Waals surface area (Å²) < 4.78 is 1.74. The maximum absolute atomic E-state index is 10.9. The van der Waals surface area contributed by atoms with Crippen LogP contribution in [-0.4, -0.2) is 15.6 Å². The first-order valence-corrected chi connectivity index (χ1v) is 4.18. The molecule has 0 aliphatic carbocycles. The summed E-state index contributed by atoms with van der Waals surface area (Å²) in [6, 6.07) is 1.72. The average Bonchev–Trinajstić information content (AvgIpc) is 2.53. The Labute approximate surface area is 77.8 Å². The van der Waals surface area contributed by atoms with Crippen LogP contribution in [0.3, 0.4) is 0 Å². The Bertz CT molecular complexity index is 354. The van der Waals surface area contributed by atoms with Gasteiger partial charge in [0.05, 0.1) is 6.54 Å². The number of hydrogen-bond donors (Lipinski definition) is 0. The minimum absolute atomic E-state index is 0.000302. The summed E-state index contributed by atoms with van der Waals surface area (Å²) in [6.07, 6.45) is 2.57. The van der Waals surface area contributed by atoms with Crippen molar-refractivity contribution in [3.8, 4) is 11.8 Å². The van der Waals surface area contributed by atoms with Crippen LogP contribution in [0.15, 0.2) is 12.3 Å². The lowest BCUT2D eigenvalue weighted by atomic mass is 10.3. The lowest BCUT2D eigenvalue weighted by Gasteiger charge is -1.94. The van der Waals surface area contributed by atoms with E-state index in [1.54, 1.807) is 16.9 Å². The fourth-order valence-corrected chi connectivity index (χ4v) is 0.969. The highest BCUT2D eigenvalue weighted by Gasteiger charge is 2.01. The van der Waals surface area contributed by atoms with Crippen LogP contribution in [0.1, 0.15) is 30.8 Å². The van der Waals surface area contributed by atoms with Crippen molar-refractivity contribution in [2.24, 2.45) is 0 Å². The first-order valence-electron chi connectivity index (χ1n) is 4.18. The Morgan fingerprint density at radius 3 is 3.00 bits per heavy atom. The van der Waals surface area contributed by atoms with Gasteiger partial charge < -0.3 is 0 Å². The second-order valence-corrected chi connectivity index (χ2v) is 2.70. The fraction of sp³-hybridized carbons (Fsp3) is 0.400. The number of carbonyl (C=O) groups is 1. The molecular weight excluding hydrogens is 164 g/mol. The predicted octanol–water partition coefficient (Wildman–Crippen LogP) is 1.50. The van der Waals surface area contributed by atoms with E-state index < -0.39 is 0 Å². The van der Waals surface area contributed by atoms with E-state index >= 15 is 0 Å². The molecule has 3 nitrogen and oxygen atoms in total. The summed E-state index contributed by atoms with van der Waals surface area (Å²) in [5.41, 5.74) is 0.518. The Morgan fingerprint density at radius 2 is 2.46 bits per heavy atom. The van der Waals surface area contributed by atoms with Crippen molar-refractivity contribution in [1.82, 2.24) is 9.78 Å². The van der Waals surface area contributed by atoms with Crippen LogP contribution in [0.25, 0.3) is 0 Å². The van der Waals surface area contributed by atoms with Gasteiger partial charge in [-0.15, -0.1) is 11.8 Å². The van der Waals surface area contributed by atoms with Crippen LogP contribution in [0, 0.1) is 11.8 Å². The first-order chi connectivity index (χ1) is 6.24. The summed E-state index contributed by atoms with van der Waals surface area (Å²) >= 11 is 0. The van der Waals surface area contributed by atoms with Crippen LogP contribution in [0.5, 0.6) is 0 Å². The van der Waals surface area contributed by atoms with Gasteiger partial charge >= 0.3 is 0 Å². The monoisotopic (exact) mass is 176 g/mol. The maximum atomic E-state index is 10.9. The average molecular weight is 176 g/mol. The molecule has 0 aliphatic heterocycles. The van der Waals surface area contributed by atoms with E-state index in [9.17, 15) is 4.79 Å². The zero-order valence-electron chi connectivity index (χ0n) is 7.87. The molecule has 0 saturated heterocycles. The molecule has 3 heteroatoms. The number of aryl methyl sites for hydroxylation is 1. The van der Waals surface area contributed by atoms with Crippen LogP contribution in [0.4, 0.5) is 0 Å². The summed E-state index contributed by atoms with van der Waals surface area (Å²) in [6.45, 7) is 4.07. The third-order valence-corrected chi connectivity index (χ3v) is 1.64. The minimum Gasteiger partial charge on any atom is -0.293 e. The number of nitrogens with zero attached hydrogens (tertiary/aromatic N) is 2. The van der Waals surface area contributed by atoms with Crippen molar-refractivity contribution >= 4 is 5.78 Å². The van der Waals surface area contributed by atoms with Gasteiger partial charge in [0.1, 0.15) is 5.69 Å². The Morgan fingerprint density at radius 1 is 1.69 bits per heavy atom. The largest absolute Gasteiger partial charge is 0.293 e. The zero-order valence-corrected chi connectivity index (χ0v) is 7.87. The highest BCUT2D eigenvalue weighted by molar-refractivity contribution is 5.91. The molecule has 0 N–H and O–H groups in total. The molecule has 1 aromatic rings. The third-order valence-electron chi connectivity index (χ3n) is 1.64. The smallest absolute Gasteiger partial charge is 0.179 e. The van der Waals surface area contributed by atoms with Gasteiger partial charge in [0, 0.05) is 19.5 Å². The zero-order chi connectivity index (χ0) is 9.68. The fourth-order valence-electron chi connectivity index (χ4n) is 0.969. The molecule has 0 aromatic carbocycles. The van der Waals surface area contributed by atoms with Crippen molar-refractivity contribution in [2.75, 3.05) is 0 Å². The van der Waals surface area contributed by atoms with E-state index in [2.05, 4.69) is 16.9 Å². The second-order valence-electron chi connectivity index (χ2n) is 2.70. The molecule has 0 amide bonds. The molecule has 0 radical (unpaired) electrons. The van der Waals surface area contributed by atoms with Gasteiger partial charge in [-0.05, 0) is 13.0 Å². The summed E-state index contributed by atoms with van der Waals surface area (Å²) in [7, 11) is 0. The van der Waals surface area contributed by atoms with Crippen LogP contribution in [0.2, 0.25) is 0 Å². The van der Waals surface area contributed by atoms with Crippen molar-refractivity contribution in [3.05, 3.63) is 18.0 Å². The molecule has 0 bridgehead atoms. The first kappa shape index (κ1) is 9.53. The number of hydrogen-bond acceptors (Lipinski definition) is 2. The number of rotatable bonds is 3. The maximum Gasteiger partial charge on any atom is 0.179 e. The second kappa shape index (κ2) is 4.46. The summed E-state index contributed by atoms with van der Waals surface area (Å²) in [5, 5.41) is 4.08. The van der Waals surface area contributed by atoms with Gasteiger partial charge in [-0.1, -0.05) is 0 Å². The Balaban J connectivity index is 2.57. The molecule has 1 aromatic heterocycles. The van der Waals surface area contributed by atoms with Gasteiger partial charge in [0.25, 0.3) is 0 Å². The Kier molecular flexibility index (Phi) is 3.27. The SMILES string of the molecule is CC#CCCn1ccc(C(C)=O)n1. The van der Waals surface area contributed by atoms with E-state index in [-0.39, 0.29) is 5.78 Å². The van der Waals surface area contributed by atoms with Crippen molar-refractivity contribution in [1.29, 1.82) is 0 Å². The van der Waals surface area contributed by atoms with Gasteiger partial charge in [-0.3, -0.25) is 9.48 Å². The summed E-state index contributed by atoms with van der Waals surface area (Å²) in [5.74, 6) is 5.75. The van der Waals surface area contributed by atoms with E-state index in [4.69, 9.17) is 0 Å². The highest BCUT2D eigenvalue weighted by Crippen LogP contribution is 1.97. The number of Topliss-reactive ketones (excluding diaryl/α,β-unsaturated/α-hetero) is 1. The lowest BCUT2D eigenvalue weighted by Crippen LogP contribution is -2.00. The third kappa shape index (κ3) is 2.75. The molecule has 0 atom stereocenters. The van der Waals surface area contributed by atoms with E-state index in [0.29, 0.717) is 5.69 Å². The van der Waals surface area contributed by atoms with Gasteiger partial charge in [-0.2, -0.15) is 5.10 Å². The van der Waals surface area contributed by atoms with Crippen LogP contribution in [-0.2, 0) is 6.54 Å². The normalized spacial score (nSPS) is 9.08. The molecule has 1 heterocycles. The van der Waals surface area contributed by atoms with E-state index in [0.717, 1.165) is 13.0 Å². The highest BCUT2D eigenvalue weighted by atomic mass is 16.1. The van der Waals surface area contributed by atoms with E-state index in [1.807, 2.05) is 6.92 Å². The van der Waals surface area contributed by atoms with E-state index in [1.165, 1.54) is 6.92 Å². The summed E-state index contributed by atoms with van der Waals surface area (Å²) in [4.78, 5) is 10.9. The molecule has 0 saturated carbocycles.